The van der Waals surface area contributed by atoms with Gasteiger partial charge in [0.15, 0.2) is 9.93 Å². The third kappa shape index (κ3) is 31.0. The Hall–Kier alpha value is -2.38. The SMILES string of the molecule is C[O-].NOS(=O)(=O)O.NS(=O)(=O)C1CCC1.O=S(=O)(c1ncccn1)C1CCC1.O=S([O-])C1CCC1.OC1CCC1.S=c1nccc[nH]1.[Na+].[Na+].c1ccc(P(c2ccccc2)c2ccccc2)cc1.c1cnc(SC2CCC2)nc1. The van der Waals surface area contributed by atoms with Gasteiger partial charge in [0.2, 0.25) is 25.0 Å². The van der Waals surface area contributed by atoms with Crippen molar-refractivity contribution in [1.29, 1.82) is 0 Å². The van der Waals surface area contributed by atoms with Gasteiger partial charge in [0.25, 0.3) is 0 Å². The van der Waals surface area contributed by atoms with Crippen molar-refractivity contribution in [2.45, 2.75) is 134 Å². The zero-order chi connectivity index (χ0) is 57.2. The number of H-pyrrole nitrogens is 1. The molecule has 3 aromatic heterocycles. The van der Waals surface area contributed by atoms with Crippen LogP contribution in [0.3, 0.4) is 0 Å². The second kappa shape index (κ2) is 42.4. The van der Waals surface area contributed by atoms with Crippen LogP contribution >= 0.6 is 31.9 Å². The molecule has 0 spiro atoms. The number of sulfonamides is 1. The second-order valence-electron chi connectivity index (χ2n) is 17.3. The van der Waals surface area contributed by atoms with Crippen LogP contribution in [0.1, 0.15) is 96.3 Å². The van der Waals surface area contributed by atoms with Gasteiger partial charge in [-0.25, -0.2) is 46.9 Å². The Morgan fingerprint density at radius 2 is 1.00 bits per heavy atom. The molecule has 1 atom stereocenters. The van der Waals surface area contributed by atoms with E-state index in [4.69, 9.17) is 19.9 Å². The summed E-state index contributed by atoms with van der Waals surface area (Å²) in [5.41, 5.74) is 0. The molecular weight excluding hydrogens is 1190 g/mol. The van der Waals surface area contributed by atoms with Gasteiger partial charge in [0.05, 0.1) is 16.6 Å². The Bertz CT molecular complexity index is 2860. The van der Waals surface area contributed by atoms with Gasteiger partial charge < -0.3 is 19.7 Å². The number of aliphatic hydroxyl groups excluding tert-OH is 1. The third-order valence-corrected chi connectivity index (χ3v) is 20.4. The first kappa shape index (κ1) is 75.6. The Labute approximate surface area is 528 Å². The summed E-state index contributed by atoms with van der Waals surface area (Å²) in [6, 6.07) is 37.6. The molecule has 428 valence electrons. The molecule has 0 saturated heterocycles. The van der Waals surface area contributed by atoms with E-state index in [2.05, 4.69) is 143 Å². The van der Waals surface area contributed by atoms with E-state index in [1.165, 1.54) is 54.0 Å². The molecule has 0 aliphatic heterocycles. The topological polar surface area (TPSA) is 348 Å². The van der Waals surface area contributed by atoms with Crippen molar-refractivity contribution < 1.29 is 112 Å². The molecule has 11 rings (SSSR count). The Morgan fingerprint density at radius 3 is 1.23 bits per heavy atom. The Kier molecular flexibility index (Phi) is 40.1. The number of thioether (sulfide) groups is 1. The summed E-state index contributed by atoms with van der Waals surface area (Å²) in [4.78, 5) is 22.3. The summed E-state index contributed by atoms with van der Waals surface area (Å²) in [7, 11) is -10.5. The number of aliphatic hydroxyl groups is 1. The smallest absolute Gasteiger partial charge is 0.857 e. The minimum atomic E-state index is -4.38. The first-order chi connectivity index (χ1) is 37.4. The van der Waals surface area contributed by atoms with Gasteiger partial charge in [-0.15, -0.1) is 0 Å². The predicted octanol–water partition coefficient (Wildman–Crippen LogP) is -0.0514. The number of benzene rings is 3. The zero-order valence-corrected chi connectivity index (χ0v) is 54.9. The number of primary sulfonamides is 1. The van der Waals surface area contributed by atoms with Crippen molar-refractivity contribution in [3.63, 3.8) is 0 Å². The normalized spacial score (nSPS) is 15.8. The Balaban J connectivity index is 0.000000471. The van der Waals surface area contributed by atoms with E-state index in [1.54, 1.807) is 36.9 Å². The fourth-order valence-corrected chi connectivity index (χ4v) is 13.3. The van der Waals surface area contributed by atoms with Crippen molar-refractivity contribution in [2.24, 2.45) is 11.0 Å². The van der Waals surface area contributed by atoms with Gasteiger partial charge in [0.1, 0.15) is 0 Å². The monoisotopic (exact) mass is 1250 g/mol. The van der Waals surface area contributed by atoms with Crippen molar-refractivity contribution in [2.75, 3.05) is 7.11 Å². The molecule has 5 aliphatic carbocycles. The quantitative estimate of drug-likeness (QED) is 0.0228. The molecule has 5 fully saturated rings. The van der Waals surface area contributed by atoms with Crippen molar-refractivity contribution in [1.82, 2.24) is 29.9 Å². The number of nitrogens with two attached hydrogens (primary N) is 2. The molecule has 20 nitrogen and oxygen atoms in total. The largest absolute Gasteiger partial charge is 1.00 e. The molecule has 6 aromatic rings. The van der Waals surface area contributed by atoms with Crippen LogP contribution in [-0.4, -0.2) is 108 Å². The van der Waals surface area contributed by atoms with Gasteiger partial charge >= 0.3 is 69.5 Å². The van der Waals surface area contributed by atoms with E-state index in [1.807, 2.05) is 17.8 Å². The van der Waals surface area contributed by atoms with Crippen molar-refractivity contribution in [3.05, 3.63) is 151 Å². The van der Waals surface area contributed by atoms with E-state index >= 15 is 0 Å². The molecule has 7 N–H and O–H groups in total. The van der Waals surface area contributed by atoms with Crippen LogP contribution in [0, 0.1) is 4.77 Å². The van der Waals surface area contributed by atoms with Gasteiger partial charge in [-0.1, -0.05) is 140 Å². The summed E-state index contributed by atoms with van der Waals surface area (Å²) < 4.78 is 93.5. The summed E-state index contributed by atoms with van der Waals surface area (Å²) in [6.45, 7) is 0. The predicted molar refractivity (Wildman–Crippen MR) is 307 cm³/mol. The number of sulfone groups is 1. The zero-order valence-electron chi connectivity index (χ0n) is 45.1. The molecule has 3 aromatic carbocycles. The van der Waals surface area contributed by atoms with Gasteiger partial charge in [-0.05, 0) is 125 Å². The maximum absolute atomic E-state index is 11.7. The molecule has 0 bridgehead atoms. The van der Waals surface area contributed by atoms with Crippen LogP contribution in [0.4, 0.5) is 0 Å². The van der Waals surface area contributed by atoms with Crippen molar-refractivity contribution >= 4 is 89.2 Å². The first-order valence-corrected chi connectivity index (χ1v) is 33.1. The Morgan fingerprint density at radius 1 is 0.625 bits per heavy atom. The van der Waals surface area contributed by atoms with Crippen LogP contribution in [0.5, 0.6) is 0 Å². The van der Waals surface area contributed by atoms with Crippen LogP contribution in [-0.2, 0) is 45.6 Å². The third-order valence-electron chi connectivity index (χ3n) is 11.8. The fraction of sp³-hybridized carbons (Fsp3) is 0.412. The molecule has 0 radical (unpaired) electrons. The van der Waals surface area contributed by atoms with Crippen LogP contribution in [0.2, 0.25) is 0 Å². The molecule has 1 unspecified atom stereocenters. The number of nitrogens with one attached hydrogen (secondary N) is 1. The molecule has 80 heavy (non-hydrogen) atoms. The number of aromatic nitrogens is 6. The summed E-state index contributed by atoms with van der Waals surface area (Å²) >= 11 is 4.68. The van der Waals surface area contributed by atoms with Crippen LogP contribution < -0.4 is 91.2 Å². The van der Waals surface area contributed by atoms with Gasteiger partial charge in [-0.3, -0.25) is 8.76 Å². The van der Waals surface area contributed by atoms with Crippen LogP contribution in [0.15, 0.2) is 157 Å². The average Bonchev–Trinajstić information content (AvgIpc) is 3.36. The maximum atomic E-state index is 11.7. The number of rotatable bonds is 10. The minimum absolute atomic E-state index is 0. The fourth-order valence-electron chi connectivity index (χ4n) is 6.38. The van der Waals surface area contributed by atoms with Gasteiger partial charge in [0, 0.05) is 47.7 Å². The molecule has 5 aliphatic rings. The van der Waals surface area contributed by atoms with E-state index in [0.29, 0.717) is 4.77 Å². The number of hydrogen-bond acceptors (Lipinski definition) is 19. The van der Waals surface area contributed by atoms with E-state index in [9.17, 15) is 34.0 Å². The maximum Gasteiger partial charge on any atom is 1.00 e. The minimum Gasteiger partial charge on any atom is -0.857 e. The standard InChI is InChI=1S/C18H15P.C8H10N2O2S.C8H10N2S.C4H4N2S.C4H9NO2S.C4H8O2S.C4H8O.CH3O.H3NO4S.2Na/c1-4-10-16(11-5-1)19(17-12-6-2-7-13-17)18-14-8-3-9-15-18;11-13(12,7-3-1-4-7)8-9-5-2-6-10-8;1-3-7(4-1)11-8-9-5-2-6-10-8;7-4-5-2-1-3-6-4;5-8(6,7)4-2-1-3-4;5-7(6)4-2-1-3-4;5-4-2-1-3-4;1-2;1-5-6(2,3)4;;/h1-15H;2,5-7H,1,3-4H2;2,5-7H,1,3-4H2;1-3H,(H,5,6,7);4H,1-3H2,(H2,5,6,7);4H,1-3H2,(H,5,6);4-5H,1-3H2;1H3;1H2,(H,2,3,4);;/q;;;;;;;-1;;2*+1/p-1. The van der Waals surface area contributed by atoms with E-state index in [-0.39, 0.29) is 86.1 Å². The second-order valence-corrected chi connectivity index (χ2v) is 27.4. The van der Waals surface area contributed by atoms with Gasteiger partial charge in [-0.2, -0.15) is 25.7 Å². The summed E-state index contributed by atoms with van der Waals surface area (Å²) in [5, 5.41) is 26.9. The average molecular weight is 1260 g/mol. The van der Waals surface area contributed by atoms with E-state index < -0.39 is 49.3 Å². The molecule has 5 saturated carbocycles. The molecule has 3 heterocycles. The first-order valence-electron chi connectivity index (χ1n) is 24.8. The summed E-state index contributed by atoms with van der Waals surface area (Å²) in [5.74, 6) is 3.97. The molecule has 29 heteroatoms. The van der Waals surface area contributed by atoms with Crippen LogP contribution in [0.25, 0.3) is 0 Å². The number of hydrogen-bond donors (Lipinski definition) is 5. The number of aromatic amines is 1. The number of nitrogens with zero attached hydrogens (tertiary/aromatic N) is 5. The van der Waals surface area contributed by atoms with Crippen molar-refractivity contribution in [3.8, 4) is 0 Å². The summed E-state index contributed by atoms with van der Waals surface area (Å²) in [6.07, 6.45) is 25.3. The molecular formula is C51H69N8Na2O12PS6. The molecule has 0 amide bonds. The van der Waals surface area contributed by atoms with E-state index in [0.717, 1.165) is 88.1 Å².